The molecular weight excluding hydrogens is 201 g/mol. The smallest absolute Gasteiger partial charge is 0.146 e. The Labute approximate surface area is 97.1 Å². The standard InChI is InChI=1S/C14H20FN/c1-9(2)7-10(3)12-8-16-14-11(12)5-4-6-13(14)15/h4-6,9-10,12,16H,7-8H2,1-3H3. The number of fused-ring (bicyclic) bond motifs is 1. The maximum absolute atomic E-state index is 13.5. The van der Waals surface area contributed by atoms with Gasteiger partial charge in [0.15, 0.2) is 0 Å². The van der Waals surface area contributed by atoms with Crippen LogP contribution in [0.15, 0.2) is 18.2 Å². The molecule has 2 rings (SSSR count). The lowest BCUT2D eigenvalue weighted by Gasteiger charge is -2.21. The third-order valence-electron chi connectivity index (χ3n) is 3.47. The Morgan fingerprint density at radius 1 is 1.38 bits per heavy atom. The molecule has 1 N–H and O–H groups in total. The predicted octanol–water partition coefficient (Wildman–Crippen LogP) is 4.02. The van der Waals surface area contributed by atoms with E-state index in [0.29, 0.717) is 17.8 Å². The molecule has 2 unspecified atom stereocenters. The molecule has 0 aliphatic carbocycles. The number of anilines is 1. The topological polar surface area (TPSA) is 12.0 Å². The summed E-state index contributed by atoms with van der Waals surface area (Å²) >= 11 is 0. The Balaban J connectivity index is 2.20. The normalized spacial score (nSPS) is 20.7. The van der Waals surface area contributed by atoms with Crippen LogP contribution in [-0.4, -0.2) is 6.54 Å². The number of para-hydroxylation sites is 1. The van der Waals surface area contributed by atoms with Gasteiger partial charge in [-0.15, -0.1) is 0 Å². The lowest BCUT2D eigenvalue weighted by Crippen LogP contribution is -2.14. The van der Waals surface area contributed by atoms with Crippen molar-refractivity contribution in [3.8, 4) is 0 Å². The van der Waals surface area contributed by atoms with Crippen LogP contribution >= 0.6 is 0 Å². The highest BCUT2D eigenvalue weighted by Gasteiger charge is 2.28. The molecule has 1 nitrogen and oxygen atoms in total. The summed E-state index contributed by atoms with van der Waals surface area (Å²) in [4.78, 5) is 0. The van der Waals surface area contributed by atoms with Crippen molar-refractivity contribution in [1.29, 1.82) is 0 Å². The van der Waals surface area contributed by atoms with E-state index in [0.717, 1.165) is 17.8 Å². The average Bonchev–Trinajstić information content (AvgIpc) is 2.61. The zero-order valence-electron chi connectivity index (χ0n) is 10.3. The molecule has 0 radical (unpaired) electrons. The van der Waals surface area contributed by atoms with Crippen LogP contribution in [0.3, 0.4) is 0 Å². The van der Waals surface area contributed by atoms with E-state index in [9.17, 15) is 4.39 Å². The Hall–Kier alpha value is -1.05. The van der Waals surface area contributed by atoms with Crippen molar-refractivity contribution in [2.45, 2.75) is 33.1 Å². The fourth-order valence-corrected chi connectivity index (χ4v) is 2.77. The van der Waals surface area contributed by atoms with E-state index in [2.05, 4.69) is 32.2 Å². The fourth-order valence-electron chi connectivity index (χ4n) is 2.77. The van der Waals surface area contributed by atoms with Gasteiger partial charge >= 0.3 is 0 Å². The highest BCUT2D eigenvalue weighted by atomic mass is 19.1. The van der Waals surface area contributed by atoms with Gasteiger partial charge in [0.05, 0.1) is 5.69 Å². The highest BCUT2D eigenvalue weighted by Crippen LogP contribution is 2.39. The van der Waals surface area contributed by atoms with Gasteiger partial charge in [-0.25, -0.2) is 4.39 Å². The summed E-state index contributed by atoms with van der Waals surface area (Å²) in [5.41, 5.74) is 1.89. The third-order valence-corrected chi connectivity index (χ3v) is 3.47. The summed E-state index contributed by atoms with van der Waals surface area (Å²) in [6, 6.07) is 5.40. The summed E-state index contributed by atoms with van der Waals surface area (Å²) < 4.78 is 13.5. The van der Waals surface area contributed by atoms with Crippen molar-refractivity contribution in [3.63, 3.8) is 0 Å². The van der Waals surface area contributed by atoms with Crippen LogP contribution in [0.1, 0.15) is 38.7 Å². The van der Waals surface area contributed by atoms with Gasteiger partial charge in [-0.2, -0.15) is 0 Å². The van der Waals surface area contributed by atoms with E-state index in [-0.39, 0.29) is 5.82 Å². The van der Waals surface area contributed by atoms with E-state index in [1.807, 2.05) is 6.07 Å². The highest BCUT2D eigenvalue weighted by molar-refractivity contribution is 5.58. The van der Waals surface area contributed by atoms with Crippen LogP contribution in [0.4, 0.5) is 10.1 Å². The summed E-state index contributed by atoms with van der Waals surface area (Å²) in [6.45, 7) is 7.63. The zero-order chi connectivity index (χ0) is 11.7. The second-order valence-electron chi connectivity index (χ2n) is 5.30. The Kier molecular flexibility index (Phi) is 3.17. The minimum Gasteiger partial charge on any atom is -0.382 e. The predicted molar refractivity (Wildman–Crippen MR) is 66.2 cm³/mol. The van der Waals surface area contributed by atoms with Gasteiger partial charge in [-0.05, 0) is 29.9 Å². The maximum Gasteiger partial charge on any atom is 0.146 e. The first-order valence-electron chi connectivity index (χ1n) is 6.12. The molecule has 2 atom stereocenters. The first-order chi connectivity index (χ1) is 7.59. The summed E-state index contributed by atoms with van der Waals surface area (Å²) in [5, 5.41) is 3.20. The molecule has 0 spiro atoms. The van der Waals surface area contributed by atoms with Crippen LogP contribution < -0.4 is 5.32 Å². The largest absolute Gasteiger partial charge is 0.382 e. The first kappa shape index (κ1) is 11.4. The molecule has 0 bridgehead atoms. The quantitative estimate of drug-likeness (QED) is 0.813. The minimum absolute atomic E-state index is 0.114. The summed E-state index contributed by atoms with van der Waals surface area (Å²) in [5.74, 6) is 1.66. The number of hydrogen-bond acceptors (Lipinski definition) is 1. The zero-order valence-corrected chi connectivity index (χ0v) is 10.3. The SMILES string of the molecule is CC(C)CC(C)C1CNc2c(F)cccc21. The Bertz CT molecular complexity index is 373. The van der Waals surface area contributed by atoms with Crippen LogP contribution in [0.5, 0.6) is 0 Å². The third kappa shape index (κ3) is 2.06. The number of halogens is 1. The maximum atomic E-state index is 13.5. The van der Waals surface area contributed by atoms with Crippen molar-refractivity contribution >= 4 is 5.69 Å². The molecule has 1 aliphatic heterocycles. The van der Waals surface area contributed by atoms with Crippen molar-refractivity contribution in [2.75, 3.05) is 11.9 Å². The first-order valence-corrected chi connectivity index (χ1v) is 6.12. The molecular formula is C14H20FN. The van der Waals surface area contributed by atoms with Gasteiger partial charge in [0.1, 0.15) is 5.82 Å². The van der Waals surface area contributed by atoms with Gasteiger partial charge in [0.2, 0.25) is 0 Å². The van der Waals surface area contributed by atoms with Gasteiger partial charge in [0, 0.05) is 12.5 Å². The molecule has 0 amide bonds. The number of hydrogen-bond donors (Lipinski definition) is 1. The second kappa shape index (κ2) is 4.44. The molecule has 16 heavy (non-hydrogen) atoms. The molecule has 0 saturated heterocycles. The van der Waals surface area contributed by atoms with Crippen molar-refractivity contribution in [3.05, 3.63) is 29.6 Å². The molecule has 0 fully saturated rings. The van der Waals surface area contributed by atoms with Crippen molar-refractivity contribution in [2.24, 2.45) is 11.8 Å². The van der Waals surface area contributed by atoms with Gasteiger partial charge in [0.25, 0.3) is 0 Å². The average molecular weight is 221 g/mol. The van der Waals surface area contributed by atoms with Crippen LogP contribution in [0.25, 0.3) is 0 Å². The molecule has 2 heteroatoms. The number of benzene rings is 1. The summed E-state index contributed by atoms with van der Waals surface area (Å²) in [7, 11) is 0. The second-order valence-corrected chi connectivity index (χ2v) is 5.30. The molecule has 0 aromatic heterocycles. The molecule has 88 valence electrons. The minimum atomic E-state index is -0.114. The fraction of sp³-hybridized carbons (Fsp3) is 0.571. The molecule has 0 saturated carbocycles. The Morgan fingerprint density at radius 3 is 2.81 bits per heavy atom. The van der Waals surface area contributed by atoms with E-state index in [1.165, 1.54) is 12.5 Å². The van der Waals surface area contributed by atoms with Gasteiger partial charge < -0.3 is 5.32 Å². The van der Waals surface area contributed by atoms with Gasteiger partial charge in [-0.3, -0.25) is 0 Å². The van der Waals surface area contributed by atoms with E-state index in [4.69, 9.17) is 0 Å². The summed E-state index contributed by atoms with van der Waals surface area (Å²) in [6.07, 6.45) is 1.20. The van der Waals surface area contributed by atoms with E-state index < -0.39 is 0 Å². The molecule has 1 aromatic rings. The van der Waals surface area contributed by atoms with E-state index >= 15 is 0 Å². The molecule has 1 heterocycles. The van der Waals surface area contributed by atoms with Crippen molar-refractivity contribution in [1.82, 2.24) is 0 Å². The lowest BCUT2D eigenvalue weighted by atomic mass is 9.83. The van der Waals surface area contributed by atoms with Gasteiger partial charge in [-0.1, -0.05) is 32.9 Å². The monoisotopic (exact) mass is 221 g/mol. The Morgan fingerprint density at radius 2 is 2.12 bits per heavy atom. The van der Waals surface area contributed by atoms with Crippen LogP contribution in [0.2, 0.25) is 0 Å². The number of nitrogens with one attached hydrogen (secondary N) is 1. The van der Waals surface area contributed by atoms with Crippen LogP contribution in [-0.2, 0) is 0 Å². The molecule has 1 aromatic carbocycles. The van der Waals surface area contributed by atoms with Crippen LogP contribution in [0, 0.1) is 17.7 Å². The molecule has 1 aliphatic rings. The number of rotatable bonds is 3. The van der Waals surface area contributed by atoms with Crippen molar-refractivity contribution < 1.29 is 4.39 Å². The van der Waals surface area contributed by atoms with E-state index in [1.54, 1.807) is 0 Å². The lowest BCUT2D eigenvalue weighted by molar-refractivity contribution is 0.388.